The van der Waals surface area contributed by atoms with Gasteiger partial charge in [-0.1, -0.05) is 115 Å². The number of carbonyl (C=O) groups is 1. The van der Waals surface area contributed by atoms with Crippen molar-refractivity contribution in [1.29, 1.82) is 0 Å². The van der Waals surface area contributed by atoms with Crippen LogP contribution < -0.4 is 5.43 Å². The summed E-state index contributed by atoms with van der Waals surface area (Å²) in [6.07, 6.45) is 1.66. The van der Waals surface area contributed by atoms with Crippen LogP contribution in [0.1, 0.15) is 16.1 Å². The molecule has 0 fully saturated rings. The van der Waals surface area contributed by atoms with Crippen LogP contribution in [0.4, 0.5) is 0 Å². The molecule has 1 aromatic heterocycles. The maximum Gasteiger partial charge on any atom is 0.291 e. The topological polar surface area (TPSA) is 59.3 Å². The first kappa shape index (κ1) is 23.1. The number of nitrogens with one attached hydrogen (secondary N) is 1. The van der Waals surface area contributed by atoms with Crippen LogP contribution in [0.3, 0.4) is 0 Å². The van der Waals surface area contributed by atoms with Gasteiger partial charge in [0.15, 0.2) is 5.69 Å². The molecule has 0 aliphatic rings. The summed E-state index contributed by atoms with van der Waals surface area (Å²) in [5, 5.41) is 11.1. The van der Waals surface area contributed by atoms with E-state index in [1.54, 1.807) is 17.0 Å². The number of rotatable bonds is 6. The van der Waals surface area contributed by atoms with Gasteiger partial charge in [0.1, 0.15) is 0 Å². The Morgan fingerprint density at radius 3 is 2.11 bits per heavy atom. The molecule has 0 aliphatic heterocycles. The third-order valence-corrected chi connectivity index (χ3v) is 6.42. The van der Waals surface area contributed by atoms with Crippen molar-refractivity contribution in [2.75, 3.05) is 0 Å². The second-order valence-corrected chi connectivity index (χ2v) is 8.87. The maximum absolute atomic E-state index is 13.1. The summed E-state index contributed by atoms with van der Waals surface area (Å²) in [6, 6.07) is 44.2. The molecule has 6 aromatic rings. The van der Waals surface area contributed by atoms with Gasteiger partial charge in [0.25, 0.3) is 5.91 Å². The Hall–Kier alpha value is -5.29. The SMILES string of the molecule is O=C(N/N=C\c1cccc2ccccc12)c1cc(-c2ccc(-c3ccccc3)cc2)n(-c2ccccc2)n1. The number of nitrogens with zero attached hydrogens (tertiary/aromatic N) is 3. The Morgan fingerprint density at radius 1 is 0.684 bits per heavy atom. The molecule has 38 heavy (non-hydrogen) atoms. The van der Waals surface area contributed by atoms with E-state index in [9.17, 15) is 4.79 Å². The summed E-state index contributed by atoms with van der Waals surface area (Å²) in [5.74, 6) is -0.377. The van der Waals surface area contributed by atoms with Gasteiger partial charge in [0.2, 0.25) is 0 Å². The number of hydrogen-bond acceptors (Lipinski definition) is 3. The minimum absolute atomic E-state index is 0.283. The number of hydrazone groups is 1. The summed E-state index contributed by atoms with van der Waals surface area (Å²) in [7, 11) is 0. The smallest absolute Gasteiger partial charge is 0.265 e. The molecule has 0 radical (unpaired) electrons. The molecule has 0 atom stereocenters. The summed E-state index contributed by atoms with van der Waals surface area (Å²) < 4.78 is 1.79. The molecule has 182 valence electrons. The van der Waals surface area contributed by atoms with E-state index in [-0.39, 0.29) is 11.6 Å². The molecule has 0 aliphatic carbocycles. The third-order valence-electron chi connectivity index (χ3n) is 6.42. The number of para-hydroxylation sites is 1. The van der Waals surface area contributed by atoms with Crippen LogP contribution in [-0.2, 0) is 0 Å². The monoisotopic (exact) mass is 492 g/mol. The lowest BCUT2D eigenvalue weighted by Gasteiger charge is -2.08. The predicted molar refractivity (Wildman–Crippen MR) is 153 cm³/mol. The first-order valence-corrected chi connectivity index (χ1v) is 12.4. The maximum atomic E-state index is 13.1. The fourth-order valence-electron chi connectivity index (χ4n) is 4.51. The van der Waals surface area contributed by atoms with E-state index in [4.69, 9.17) is 0 Å². The molecule has 0 saturated carbocycles. The lowest BCUT2D eigenvalue weighted by molar-refractivity contribution is 0.0949. The molecule has 5 nitrogen and oxygen atoms in total. The van der Waals surface area contributed by atoms with E-state index in [0.29, 0.717) is 0 Å². The molecule has 6 rings (SSSR count). The Morgan fingerprint density at radius 2 is 1.32 bits per heavy atom. The number of benzene rings is 5. The van der Waals surface area contributed by atoms with Crippen LogP contribution in [0.15, 0.2) is 139 Å². The van der Waals surface area contributed by atoms with Crippen LogP contribution in [0, 0.1) is 0 Å². The van der Waals surface area contributed by atoms with Gasteiger partial charge >= 0.3 is 0 Å². The van der Waals surface area contributed by atoms with Crippen molar-refractivity contribution in [2.45, 2.75) is 0 Å². The van der Waals surface area contributed by atoms with E-state index in [1.807, 2.05) is 78.9 Å². The number of amides is 1. The van der Waals surface area contributed by atoms with Gasteiger partial charge in [0.05, 0.1) is 17.6 Å². The third kappa shape index (κ3) is 4.73. The highest BCUT2D eigenvalue weighted by atomic mass is 16.2. The van der Waals surface area contributed by atoms with Crippen LogP contribution in [-0.4, -0.2) is 21.9 Å². The van der Waals surface area contributed by atoms with E-state index < -0.39 is 0 Å². The van der Waals surface area contributed by atoms with E-state index in [1.165, 1.54) is 0 Å². The standard InChI is InChI=1S/C33H24N4O/c38-33(35-34-23-28-14-9-13-26-12-7-8-17-30(26)28)31-22-32(37(36-31)29-15-5-2-6-16-29)27-20-18-25(19-21-27)24-10-3-1-4-11-24/h1-23H,(H,35,38)/b34-23-. The Kier molecular flexibility index (Phi) is 6.31. The van der Waals surface area contributed by atoms with Crippen LogP contribution in [0.25, 0.3) is 38.8 Å². The van der Waals surface area contributed by atoms with E-state index in [0.717, 1.165) is 44.4 Å². The molecular weight excluding hydrogens is 468 g/mol. The van der Waals surface area contributed by atoms with Gasteiger partial charge in [-0.25, -0.2) is 10.1 Å². The zero-order valence-corrected chi connectivity index (χ0v) is 20.5. The molecule has 1 amide bonds. The minimum atomic E-state index is -0.377. The van der Waals surface area contributed by atoms with Gasteiger partial charge in [-0.05, 0) is 40.1 Å². The molecule has 0 saturated heterocycles. The van der Waals surface area contributed by atoms with Crippen molar-refractivity contribution in [3.05, 3.63) is 145 Å². The Balaban J connectivity index is 1.30. The number of carbonyl (C=O) groups excluding carboxylic acids is 1. The van der Waals surface area contributed by atoms with Crippen molar-refractivity contribution >= 4 is 22.9 Å². The molecule has 0 unspecified atom stereocenters. The summed E-state index contributed by atoms with van der Waals surface area (Å²) in [4.78, 5) is 13.1. The number of hydrogen-bond donors (Lipinski definition) is 1. The van der Waals surface area contributed by atoms with Crippen LogP contribution in [0.2, 0.25) is 0 Å². The Bertz CT molecular complexity index is 1730. The van der Waals surface area contributed by atoms with Crippen molar-refractivity contribution < 1.29 is 4.79 Å². The highest BCUT2D eigenvalue weighted by Gasteiger charge is 2.17. The van der Waals surface area contributed by atoms with Crippen LogP contribution >= 0.6 is 0 Å². The highest BCUT2D eigenvalue weighted by molar-refractivity contribution is 6.00. The van der Waals surface area contributed by atoms with E-state index >= 15 is 0 Å². The van der Waals surface area contributed by atoms with Gasteiger partial charge < -0.3 is 0 Å². The minimum Gasteiger partial charge on any atom is -0.265 e. The van der Waals surface area contributed by atoms with Crippen LogP contribution in [0.5, 0.6) is 0 Å². The van der Waals surface area contributed by atoms with Gasteiger partial charge in [-0.3, -0.25) is 4.79 Å². The van der Waals surface area contributed by atoms with E-state index in [2.05, 4.69) is 64.2 Å². The first-order valence-electron chi connectivity index (χ1n) is 12.4. The summed E-state index contributed by atoms with van der Waals surface area (Å²) >= 11 is 0. The zero-order valence-electron chi connectivity index (χ0n) is 20.5. The fraction of sp³-hybridized carbons (Fsp3) is 0. The second-order valence-electron chi connectivity index (χ2n) is 8.87. The second kappa shape index (κ2) is 10.4. The van der Waals surface area contributed by atoms with Crippen molar-refractivity contribution in [3.63, 3.8) is 0 Å². The number of fused-ring (bicyclic) bond motifs is 1. The van der Waals surface area contributed by atoms with Gasteiger partial charge in [-0.15, -0.1) is 0 Å². The predicted octanol–water partition coefficient (Wildman–Crippen LogP) is 7.12. The zero-order chi connectivity index (χ0) is 25.7. The largest absolute Gasteiger partial charge is 0.291 e. The lowest BCUT2D eigenvalue weighted by atomic mass is 10.0. The molecule has 5 aromatic carbocycles. The molecule has 1 N–H and O–H groups in total. The van der Waals surface area contributed by atoms with Gasteiger partial charge in [0, 0.05) is 11.1 Å². The summed E-state index contributed by atoms with van der Waals surface area (Å²) in [5.41, 5.74) is 8.78. The molecule has 0 bridgehead atoms. The molecule has 5 heteroatoms. The highest BCUT2D eigenvalue weighted by Crippen LogP contribution is 2.27. The summed E-state index contributed by atoms with van der Waals surface area (Å²) in [6.45, 7) is 0. The Labute approximate surface area is 220 Å². The normalized spacial score (nSPS) is 11.2. The first-order chi connectivity index (χ1) is 18.8. The fourth-order valence-corrected chi connectivity index (χ4v) is 4.51. The van der Waals surface area contributed by atoms with Crippen molar-refractivity contribution in [1.82, 2.24) is 15.2 Å². The van der Waals surface area contributed by atoms with Crippen molar-refractivity contribution in [2.24, 2.45) is 5.10 Å². The molecular formula is C33H24N4O. The lowest BCUT2D eigenvalue weighted by Crippen LogP contribution is -2.18. The number of aromatic nitrogens is 2. The molecule has 1 heterocycles. The average molecular weight is 493 g/mol. The average Bonchev–Trinajstić information content (AvgIpc) is 3.44. The molecule has 0 spiro atoms. The van der Waals surface area contributed by atoms with Gasteiger partial charge in [-0.2, -0.15) is 10.2 Å². The quantitative estimate of drug-likeness (QED) is 0.199. The van der Waals surface area contributed by atoms with Crippen molar-refractivity contribution in [3.8, 4) is 28.1 Å².